The van der Waals surface area contributed by atoms with E-state index in [2.05, 4.69) is 29.2 Å². The van der Waals surface area contributed by atoms with Gasteiger partial charge in [-0.15, -0.1) is 0 Å². The highest BCUT2D eigenvalue weighted by Crippen LogP contribution is 2.47. The zero-order chi connectivity index (χ0) is 17.9. The third-order valence-corrected chi connectivity index (χ3v) is 6.71. The Labute approximate surface area is 157 Å². The fourth-order valence-corrected chi connectivity index (χ4v) is 5.27. The van der Waals surface area contributed by atoms with Gasteiger partial charge in [-0.3, -0.25) is 0 Å². The molecule has 4 heteroatoms. The van der Waals surface area contributed by atoms with Crippen LogP contribution in [0.4, 0.5) is 4.79 Å². The molecule has 2 aliphatic heterocycles. The molecule has 3 fully saturated rings. The Bertz CT molecular complexity index is 609. The summed E-state index contributed by atoms with van der Waals surface area (Å²) in [6.07, 6.45) is 6.27. The van der Waals surface area contributed by atoms with Gasteiger partial charge in [-0.2, -0.15) is 0 Å². The van der Waals surface area contributed by atoms with Gasteiger partial charge in [0.05, 0.1) is 6.61 Å². The smallest absolute Gasteiger partial charge is 0.409 e. The Balaban J connectivity index is 1.34. The number of benzene rings is 1. The molecule has 26 heavy (non-hydrogen) atoms. The summed E-state index contributed by atoms with van der Waals surface area (Å²) >= 11 is 0. The molecule has 4 rings (SSSR count). The molecule has 3 aliphatic rings. The highest BCUT2D eigenvalue weighted by atomic mass is 16.6. The molecular formula is C22H32N2O2. The Kier molecular flexibility index (Phi) is 5.49. The van der Waals surface area contributed by atoms with Crippen molar-refractivity contribution in [3.63, 3.8) is 0 Å². The molecule has 0 aromatic heterocycles. The van der Waals surface area contributed by atoms with Crippen molar-refractivity contribution in [3.05, 3.63) is 35.4 Å². The molecule has 1 aromatic carbocycles. The van der Waals surface area contributed by atoms with Crippen LogP contribution in [0.25, 0.3) is 0 Å². The van der Waals surface area contributed by atoms with Crippen molar-refractivity contribution in [2.75, 3.05) is 39.3 Å². The number of nitrogens with zero attached hydrogens (tertiary/aromatic N) is 2. The van der Waals surface area contributed by atoms with E-state index in [0.717, 1.165) is 19.5 Å². The van der Waals surface area contributed by atoms with Crippen molar-refractivity contribution in [2.45, 2.75) is 44.9 Å². The molecule has 142 valence electrons. The van der Waals surface area contributed by atoms with E-state index in [9.17, 15) is 4.79 Å². The normalized spacial score (nSPS) is 28.5. The van der Waals surface area contributed by atoms with Gasteiger partial charge in [0.1, 0.15) is 0 Å². The molecule has 1 aromatic rings. The van der Waals surface area contributed by atoms with Crippen molar-refractivity contribution in [2.24, 2.45) is 11.8 Å². The Morgan fingerprint density at radius 1 is 1.12 bits per heavy atom. The number of ether oxygens (including phenoxy) is 1. The molecule has 1 amide bonds. The maximum absolute atomic E-state index is 12.0. The first-order chi connectivity index (χ1) is 12.7. The monoisotopic (exact) mass is 356 g/mol. The van der Waals surface area contributed by atoms with E-state index in [0.29, 0.717) is 24.4 Å². The fraction of sp³-hybridized carbons (Fsp3) is 0.682. The summed E-state index contributed by atoms with van der Waals surface area (Å²) in [5, 5.41) is 0. The van der Waals surface area contributed by atoms with E-state index in [4.69, 9.17) is 4.74 Å². The van der Waals surface area contributed by atoms with Crippen LogP contribution in [0.5, 0.6) is 0 Å². The third kappa shape index (κ3) is 3.75. The zero-order valence-corrected chi connectivity index (χ0v) is 16.0. The summed E-state index contributed by atoms with van der Waals surface area (Å²) in [5.41, 5.74) is 2.92. The highest BCUT2D eigenvalue weighted by Gasteiger charge is 2.44. The zero-order valence-electron chi connectivity index (χ0n) is 16.0. The lowest BCUT2D eigenvalue weighted by atomic mass is 9.86. The molecule has 3 unspecified atom stereocenters. The van der Waals surface area contributed by atoms with Crippen LogP contribution in [0.1, 0.15) is 49.7 Å². The van der Waals surface area contributed by atoms with E-state index >= 15 is 0 Å². The second-order valence-electron chi connectivity index (χ2n) is 8.25. The summed E-state index contributed by atoms with van der Waals surface area (Å²) in [6.45, 7) is 7.84. The van der Waals surface area contributed by atoms with E-state index < -0.39 is 0 Å². The summed E-state index contributed by atoms with van der Waals surface area (Å²) < 4.78 is 5.20. The van der Waals surface area contributed by atoms with E-state index in [1.54, 1.807) is 0 Å². The molecule has 0 spiro atoms. The van der Waals surface area contributed by atoms with Gasteiger partial charge >= 0.3 is 6.09 Å². The molecule has 2 heterocycles. The van der Waals surface area contributed by atoms with Gasteiger partial charge < -0.3 is 14.5 Å². The van der Waals surface area contributed by atoms with Gasteiger partial charge in [0.25, 0.3) is 0 Å². The number of rotatable bonds is 5. The van der Waals surface area contributed by atoms with Crippen molar-refractivity contribution >= 4 is 6.09 Å². The predicted molar refractivity (Wildman–Crippen MR) is 103 cm³/mol. The largest absolute Gasteiger partial charge is 0.450 e. The number of amides is 1. The SMILES string of the molecule is CCOC(=O)N1CC2CCC(c3ccc(CCN4CCCC4)cc3)C2C1. The molecule has 3 atom stereocenters. The minimum atomic E-state index is -0.127. The standard InChI is InChI=1S/C22H32N2O2/c1-2-26-22(25)24-15-19-9-10-20(21(19)16-24)18-7-5-17(6-8-18)11-14-23-12-3-4-13-23/h5-8,19-21H,2-4,9-16H2,1H3. The summed E-state index contributed by atoms with van der Waals surface area (Å²) in [6, 6.07) is 9.35. The molecule has 1 saturated carbocycles. The predicted octanol–water partition coefficient (Wildman–Crippen LogP) is 3.91. The number of likely N-dealkylation sites (tertiary alicyclic amines) is 2. The average Bonchev–Trinajstić information content (AvgIpc) is 3.37. The lowest BCUT2D eigenvalue weighted by molar-refractivity contribution is 0.112. The average molecular weight is 357 g/mol. The maximum atomic E-state index is 12.0. The van der Waals surface area contributed by atoms with Crippen molar-refractivity contribution in [1.82, 2.24) is 9.80 Å². The number of hydrogen-bond acceptors (Lipinski definition) is 3. The lowest BCUT2D eigenvalue weighted by Gasteiger charge is -2.21. The number of carbonyl (C=O) groups is 1. The van der Waals surface area contributed by atoms with Gasteiger partial charge in [-0.1, -0.05) is 24.3 Å². The molecule has 4 nitrogen and oxygen atoms in total. The number of fused-ring (bicyclic) bond motifs is 1. The molecule has 2 saturated heterocycles. The van der Waals surface area contributed by atoms with Crippen LogP contribution >= 0.6 is 0 Å². The third-order valence-electron chi connectivity index (χ3n) is 6.71. The topological polar surface area (TPSA) is 32.8 Å². The summed E-state index contributed by atoms with van der Waals surface area (Å²) in [5.74, 6) is 1.86. The lowest BCUT2D eigenvalue weighted by Crippen LogP contribution is -2.30. The molecular weight excluding hydrogens is 324 g/mol. The minimum Gasteiger partial charge on any atom is -0.450 e. The van der Waals surface area contributed by atoms with Gasteiger partial charge in [-0.25, -0.2) is 4.79 Å². The molecule has 0 radical (unpaired) electrons. The first-order valence-electron chi connectivity index (χ1n) is 10.5. The van der Waals surface area contributed by atoms with E-state index in [1.807, 2.05) is 11.8 Å². The number of hydrogen-bond donors (Lipinski definition) is 0. The second-order valence-corrected chi connectivity index (χ2v) is 8.25. The minimum absolute atomic E-state index is 0.127. The first kappa shape index (κ1) is 17.8. The van der Waals surface area contributed by atoms with Crippen LogP contribution in [-0.2, 0) is 11.2 Å². The first-order valence-corrected chi connectivity index (χ1v) is 10.5. The van der Waals surface area contributed by atoms with Crippen LogP contribution in [0.2, 0.25) is 0 Å². The van der Waals surface area contributed by atoms with Crippen LogP contribution in [0.3, 0.4) is 0 Å². The molecule has 0 bridgehead atoms. The quantitative estimate of drug-likeness (QED) is 0.802. The van der Waals surface area contributed by atoms with Gasteiger partial charge in [0.2, 0.25) is 0 Å². The highest BCUT2D eigenvalue weighted by molar-refractivity contribution is 5.68. The summed E-state index contributed by atoms with van der Waals surface area (Å²) in [4.78, 5) is 16.6. The van der Waals surface area contributed by atoms with Gasteiger partial charge in [0.15, 0.2) is 0 Å². The van der Waals surface area contributed by atoms with Crippen LogP contribution < -0.4 is 0 Å². The van der Waals surface area contributed by atoms with Crippen LogP contribution in [0, 0.1) is 11.8 Å². The Hall–Kier alpha value is -1.55. The van der Waals surface area contributed by atoms with Crippen LogP contribution in [-0.4, -0.2) is 55.2 Å². The number of carbonyl (C=O) groups excluding carboxylic acids is 1. The van der Waals surface area contributed by atoms with Gasteiger partial charge in [-0.05, 0) is 81.0 Å². The Morgan fingerprint density at radius 2 is 1.88 bits per heavy atom. The second kappa shape index (κ2) is 7.99. The van der Waals surface area contributed by atoms with E-state index in [1.165, 1.54) is 56.4 Å². The van der Waals surface area contributed by atoms with Crippen molar-refractivity contribution in [1.29, 1.82) is 0 Å². The van der Waals surface area contributed by atoms with E-state index in [-0.39, 0.29) is 6.09 Å². The maximum Gasteiger partial charge on any atom is 0.409 e. The van der Waals surface area contributed by atoms with Crippen LogP contribution in [0.15, 0.2) is 24.3 Å². The van der Waals surface area contributed by atoms with Crippen molar-refractivity contribution < 1.29 is 9.53 Å². The summed E-state index contributed by atoms with van der Waals surface area (Å²) in [7, 11) is 0. The van der Waals surface area contributed by atoms with Gasteiger partial charge in [0, 0.05) is 19.6 Å². The molecule has 1 aliphatic carbocycles. The molecule has 0 N–H and O–H groups in total. The van der Waals surface area contributed by atoms with Crippen molar-refractivity contribution in [3.8, 4) is 0 Å². The Morgan fingerprint density at radius 3 is 2.62 bits per heavy atom. The fourth-order valence-electron chi connectivity index (χ4n) is 5.27.